The Bertz CT molecular complexity index is 247. The van der Waals surface area contributed by atoms with Crippen LogP contribution < -0.4 is 5.32 Å². The normalized spacial score (nSPS) is 12.9. The molecule has 0 saturated heterocycles. The first-order chi connectivity index (χ1) is 5.74. The molecule has 0 aliphatic carbocycles. The maximum absolute atomic E-state index is 6.00. The zero-order valence-corrected chi connectivity index (χ0v) is 8.23. The maximum Gasteiger partial charge on any atom is 0.0438 e. The van der Waals surface area contributed by atoms with Gasteiger partial charge in [0.15, 0.2) is 0 Å². The maximum atomic E-state index is 6.00. The van der Waals surface area contributed by atoms with E-state index in [0.717, 1.165) is 11.4 Å². The zero-order chi connectivity index (χ0) is 8.97. The predicted molar refractivity (Wildman–Crippen MR) is 53.7 cm³/mol. The van der Waals surface area contributed by atoms with Gasteiger partial charge in [-0.05, 0) is 32.0 Å². The van der Waals surface area contributed by atoms with Crippen molar-refractivity contribution in [1.29, 1.82) is 0 Å². The molecule has 0 aliphatic rings. The Morgan fingerprint density at radius 1 is 1.42 bits per heavy atom. The molecule has 1 nitrogen and oxygen atoms in total. The van der Waals surface area contributed by atoms with E-state index in [-0.39, 0.29) is 0 Å². The van der Waals surface area contributed by atoms with Crippen LogP contribution in [-0.2, 0) is 6.42 Å². The summed E-state index contributed by atoms with van der Waals surface area (Å²) in [7, 11) is 1.96. The van der Waals surface area contributed by atoms with E-state index < -0.39 is 0 Å². The standard InChI is InChI=1S/C10H14ClN/c1-8(12-2)7-9-5-3-4-6-10(9)11/h3-6,8,12H,7H2,1-2H3/t8-/m1/s1. The molecular formula is C10H14ClN. The van der Waals surface area contributed by atoms with Crippen LogP contribution in [0.25, 0.3) is 0 Å². The average molecular weight is 184 g/mol. The Kier molecular flexibility index (Phi) is 3.57. The molecule has 1 N–H and O–H groups in total. The lowest BCUT2D eigenvalue weighted by Gasteiger charge is -2.10. The Morgan fingerprint density at radius 3 is 2.67 bits per heavy atom. The number of hydrogen-bond donors (Lipinski definition) is 1. The number of rotatable bonds is 3. The number of halogens is 1. The van der Waals surface area contributed by atoms with Crippen molar-refractivity contribution in [1.82, 2.24) is 5.32 Å². The third-order valence-corrected chi connectivity index (χ3v) is 2.35. The van der Waals surface area contributed by atoms with E-state index in [1.54, 1.807) is 0 Å². The fourth-order valence-corrected chi connectivity index (χ4v) is 1.31. The van der Waals surface area contributed by atoms with Gasteiger partial charge in [0.2, 0.25) is 0 Å². The fourth-order valence-electron chi connectivity index (χ4n) is 1.10. The lowest BCUT2D eigenvalue weighted by atomic mass is 10.1. The van der Waals surface area contributed by atoms with Gasteiger partial charge in [-0.1, -0.05) is 29.8 Å². The summed E-state index contributed by atoms with van der Waals surface area (Å²) >= 11 is 6.00. The lowest BCUT2D eigenvalue weighted by molar-refractivity contribution is 0.608. The van der Waals surface area contributed by atoms with Gasteiger partial charge in [0.05, 0.1) is 0 Å². The molecule has 0 aromatic heterocycles. The molecule has 0 fully saturated rings. The van der Waals surface area contributed by atoms with Gasteiger partial charge in [0.25, 0.3) is 0 Å². The highest BCUT2D eigenvalue weighted by molar-refractivity contribution is 6.31. The third-order valence-electron chi connectivity index (χ3n) is 1.98. The van der Waals surface area contributed by atoms with Crippen LogP contribution in [0.4, 0.5) is 0 Å². The largest absolute Gasteiger partial charge is 0.317 e. The first kappa shape index (κ1) is 9.56. The summed E-state index contributed by atoms with van der Waals surface area (Å²) in [6.07, 6.45) is 0.982. The van der Waals surface area contributed by atoms with Gasteiger partial charge >= 0.3 is 0 Å². The van der Waals surface area contributed by atoms with Crippen LogP contribution in [0.1, 0.15) is 12.5 Å². The number of likely N-dealkylation sites (N-methyl/N-ethyl adjacent to an activating group) is 1. The Balaban J connectivity index is 2.69. The number of hydrogen-bond acceptors (Lipinski definition) is 1. The van der Waals surface area contributed by atoms with Gasteiger partial charge in [0, 0.05) is 11.1 Å². The second-order valence-electron chi connectivity index (χ2n) is 2.99. The van der Waals surface area contributed by atoms with Crippen LogP contribution in [0.3, 0.4) is 0 Å². The molecular weight excluding hydrogens is 170 g/mol. The van der Waals surface area contributed by atoms with Crippen molar-refractivity contribution in [3.8, 4) is 0 Å². The van der Waals surface area contributed by atoms with Gasteiger partial charge in [-0.15, -0.1) is 0 Å². The highest BCUT2D eigenvalue weighted by Gasteiger charge is 2.02. The quantitative estimate of drug-likeness (QED) is 0.760. The van der Waals surface area contributed by atoms with Gasteiger partial charge in [0.1, 0.15) is 0 Å². The molecule has 1 rings (SSSR count). The van der Waals surface area contributed by atoms with E-state index in [2.05, 4.69) is 18.3 Å². The van der Waals surface area contributed by atoms with Crippen molar-refractivity contribution in [2.75, 3.05) is 7.05 Å². The topological polar surface area (TPSA) is 12.0 Å². The molecule has 1 aromatic carbocycles. The summed E-state index contributed by atoms with van der Waals surface area (Å²) in [5, 5.41) is 4.04. The van der Waals surface area contributed by atoms with Crippen LogP contribution in [0.5, 0.6) is 0 Å². The molecule has 12 heavy (non-hydrogen) atoms. The van der Waals surface area contributed by atoms with Crippen molar-refractivity contribution in [3.63, 3.8) is 0 Å². The van der Waals surface area contributed by atoms with E-state index in [9.17, 15) is 0 Å². The predicted octanol–water partition coefficient (Wildman–Crippen LogP) is 2.49. The van der Waals surface area contributed by atoms with Crippen molar-refractivity contribution in [2.45, 2.75) is 19.4 Å². The van der Waals surface area contributed by atoms with Gasteiger partial charge in [-0.25, -0.2) is 0 Å². The Morgan fingerprint density at radius 2 is 2.08 bits per heavy atom. The second kappa shape index (κ2) is 4.48. The highest BCUT2D eigenvalue weighted by atomic mass is 35.5. The highest BCUT2D eigenvalue weighted by Crippen LogP contribution is 2.16. The van der Waals surface area contributed by atoms with Crippen molar-refractivity contribution < 1.29 is 0 Å². The molecule has 0 aliphatic heterocycles. The summed E-state index contributed by atoms with van der Waals surface area (Å²) in [4.78, 5) is 0. The summed E-state index contributed by atoms with van der Waals surface area (Å²) < 4.78 is 0. The van der Waals surface area contributed by atoms with Gasteiger partial charge in [-0.3, -0.25) is 0 Å². The minimum Gasteiger partial charge on any atom is -0.317 e. The van der Waals surface area contributed by atoms with E-state index in [4.69, 9.17) is 11.6 Å². The molecule has 0 heterocycles. The lowest BCUT2D eigenvalue weighted by Crippen LogP contribution is -2.23. The van der Waals surface area contributed by atoms with Gasteiger partial charge < -0.3 is 5.32 Å². The SMILES string of the molecule is CN[C@H](C)Cc1ccccc1Cl. The monoisotopic (exact) mass is 183 g/mol. The summed E-state index contributed by atoms with van der Waals surface area (Å²) in [5.74, 6) is 0. The summed E-state index contributed by atoms with van der Waals surface area (Å²) in [5.41, 5.74) is 1.21. The smallest absolute Gasteiger partial charge is 0.0438 e. The minimum absolute atomic E-state index is 0.477. The molecule has 1 aromatic rings. The first-order valence-electron chi connectivity index (χ1n) is 4.14. The fraction of sp³-hybridized carbons (Fsp3) is 0.400. The molecule has 1 atom stereocenters. The van der Waals surface area contributed by atoms with Crippen LogP contribution in [0, 0.1) is 0 Å². The van der Waals surface area contributed by atoms with Gasteiger partial charge in [-0.2, -0.15) is 0 Å². The Hall–Kier alpha value is -0.530. The average Bonchev–Trinajstić information content (AvgIpc) is 2.09. The number of benzene rings is 1. The zero-order valence-electron chi connectivity index (χ0n) is 7.47. The second-order valence-corrected chi connectivity index (χ2v) is 3.39. The van der Waals surface area contributed by atoms with E-state index >= 15 is 0 Å². The molecule has 0 spiro atoms. The number of nitrogens with one attached hydrogen (secondary N) is 1. The van der Waals surface area contributed by atoms with Crippen LogP contribution in [0.15, 0.2) is 24.3 Å². The van der Waals surface area contributed by atoms with Crippen molar-refractivity contribution in [2.24, 2.45) is 0 Å². The van der Waals surface area contributed by atoms with Crippen LogP contribution in [-0.4, -0.2) is 13.1 Å². The van der Waals surface area contributed by atoms with Crippen LogP contribution >= 0.6 is 11.6 Å². The van der Waals surface area contributed by atoms with Crippen molar-refractivity contribution in [3.05, 3.63) is 34.9 Å². The molecule has 0 saturated carbocycles. The van der Waals surface area contributed by atoms with Crippen LogP contribution in [0.2, 0.25) is 5.02 Å². The summed E-state index contributed by atoms with van der Waals surface area (Å²) in [6.45, 7) is 2.14. The molecule has 66 valence electrons. The molecule has 0 radical (unpaired) electrons. The Labute approximate surface area is 78.7 Å². The van der Waals surface area contributed by atoms with Crippen molar-refractivity contribution >= 4 is 11.6 Å². The van der Waals surface area contributed by atoms with E-state index in [0.29, 0.717) is 6.04 Å². The molecule has 0 amide bonds. The summed E-state index contributed by atoms with van der Waals surface area (Å²) in [6, 6.07) is 8.44. The minimum atomic E-state index is 0.477. The van der Waals surface area contributed by atoms with E-state index in [1.807, 2.05) is 25.2 Å². The molecule has 2 heteroatoms. The third kappa shape index (κ3) is 2.50. The first-order valence-corrected chi connectivity index (χ1v) is 4.52. The molecule has 0 bridgehead atoms. The molecule has 0 unspecified atom stereocenters. The van der Waals surface area contributed by atoms with E-state index in [1.165, 1.54) is 5.56 Å².